The number of allylic oxidation sites excluding steroid dienone is 4. The van der Waals surface area contributed by atoms with Gasteiger partial charge in [-0.3, -0.25) is 9.59 Å². The molecule has 2 saturated heterocycles. The summed E-state index contributed by atoms with van der Waals surface area (Å²) in [6.07, 6.45) is 11.4. The van der Waals surface area contributed by atoms with Crippen LogP contribution >= 0.6 is 0 Å². The molecule has 222 valence electrons. The van der Waals surface area contributed by atoms with Crippen molar-refractivity contribution in [2.45, 2.75) is 50.5 Å². The highest BCUT2D eigenvalue weighted by atomic mass is 19.1. The highest BCUT2D eigenvalue weighted by Gasteiger charge is 2.47. The van der Waals surface area contributed by atoms with Gasteiger partial charge in [0.25, 0.3) is 5.91 Å². The molecule has 2 aliphatic rings. The van der Waals surface area contributed by atoms with Crippen molar-refractivity contribution in [2.75, 3.05) is 19.6 Å². The number of halogens is 2. The molecule has 0 spiro atoms. The molecular formula is C37H38F2N2O2. The van der Waals surface area contributed by atoms with Crippen LogP contribution in [0.5, 0.6) is 0 Å². The maximum Gasteiger partial charge on any atom is 0.253 e. The van der Waals surface area contributed by atoms with Gasteiger partial charge in [-0.2, -0.15) is 0 Å². The van der Waals surface area contributed by atoms with Crippen LogP contribution in [0.15, 0.2) is 109 Å². The van der Waals surface area contributed by atoms with Gasteiger partial charge in [0, 0.05) is 25.2 Å². The summed E-state index contributed by atoms with van der Waals surface area (Å²) in [7, 11) is 0. The van der Waals surface area contributed by atoms with Crippen molar-refractivity contribution < 1.29 is 18.4 Å². The average Bonchev–Trinajstić information content (AvgIpc) is 3.05. The number of benzene rings is 3. The second kappa shape index (κ2) is 13.3. The van der Waals surface area contributed by atoms with Crippen LogP contribution in [0.3, 0.4) is 0 Å². The molecule has 2 amide bonds. The molecule has 1 atom stereocenters. The van der Waals surface area contributed by atoms with E-state index in [0.717, 1.165) is 41.5 Å². The molecule has 5 rings (SSSR count). The zero-order valence-corrected chi connectivity index (χ0v) is 24.6. The summed E-state index contributed by atoms with van der Waals surface area (Å²) >= 11 is 0. The molecular weight excluding hydrogens is 542 g/mol. The summed E-state index contributed by atoms with van der Waals surface area (Å²) in [5, 5.41) is 0. The van der Waals surface area contributed by atoms with Crippen molar-refractivity contribution in [1.29, 1.82) is 0 Å². The van der Waals surface area contributed by atoms with Crippen LogP contribution in [0, 0.1) is 11.6 Å². The van der Waals surface area contributed by atoms with Crippen molar-refractivity contribution in [3.63, 3.8) is 0 Å². The summed E-state index contributed by atoms with van der Waals surface area (Å²) < 4.78 is 27.3. The molecule has 0 N–H and O–H groups in total. The molecule has 2 heterocycles. The molecule has 0 aromatic heterocycles. The number of rotatable bonds is 7. The minimum Gasteiger partial charge on any atom is -0.339 e. The van der Waals surface area contributed by atoms with Gasteiger partial charge in [-0.25, -0.2) is 8.78 Å². The minimum atomic E-state index is -0.844. The summed E-state index contributed by atoms with van der Waals surface area (Å²) in [4.78, 5) is 31.9. The molecule has 4 nitrogen and oxygen atoms in total. The summed E-state index contributed by atoms with van der Waals surface area (Å²) in [5.41, 5.74) is 3.42. The van der Waals surface area contributed by atoms with Crippen LogP contribution in [-0.2, 0) is 10.2 Å². The van der Waals surface area contributed by atoms with E-state index in [2.05, 4.69) is 13.5 Å². The predicted octanol–water partition coefficient (Wildman–Crippen LogP) is 7.88. The fourth-order valence-corrected chi connectivity index (χ4v) is 6.44. The summed E-state index contributed by atoms with van der Waals surface area (Å²) in [5.74, 6) is -0.667. The first-order valence-electron chi connectivity index (χ1n) is 15.0. The van der Waals surface area contributed by atoms with Gasteiger partial charge in [0.2, 0.25) is 5.91 Å². The van der Waals surface area contributed by atoms with E-state index < -0.39 is 5.41 Å². The van der Waals surface area contributed by atoms with Gasteiger partial charge in [-0.1, -0.05) is 72.9 Å². The largest absolute Gasteiger partial charge is 0.339 e. The highest BCUT2D eigenvalue weighted by Crippen LogP contribution is 2.40. The van der Waals surface area contributed by atoms with E-state index in [1.807, 2.05) is 35.3 Å². The second-order valence-corrected chi connectivity index (χ2v) is 11.5. The highest BCUT2D eigenvalue weighted by molar-refractivity contribution is 5.95. The molecule has 43 heavy (non-hydrogen) atoms. The van der Waals surface area contributed by atoms with Gasteiger partial charge in [0.15, 0.2) is 0 Å². The van der Waals surface area contributed by atoms with Crippen LogP contribution in [0.2, 0.25) is 0 Å². The number of piperidine rings is 2. The third-order valence-corrected chi connectivity index (χ3v) is 8.92. The molecule has 0 radical (unpaired) electrons. The van der Waals surface area contributed by atoms with Crippen molar-refractivity contribution in [3.05, 3.63) is 132 Å². The van der Waals surface area contributed by atoms with Gasteiger partial charge in [-0.15, -0.1) is 0 Å². The Morgan fingerprint density at radius 3 is 2.00 bits per heavy atom. The van der Waals surface area contributed by atoms with E-state index in [1.165, 1.54) is 24.3 Å². The number of hydrogen-bond acceptors (Lipinski definition) is 2. The van der Waals surface area contributed by atoms with E-state index in [9.17, 15) is 18.4 Å². The van der Waals surface area contributed by atoms with Crippen molar-refractivity contribution in [2.24, 2.45) is 0 Å². The zero-order chi connectivity index (χ0) is 30.4. The van der Waals surface area contributed by atoms with E-state index in [1.54, 1.807) is 47.4 Å². The molecule has 0 saturated carbocycles. The lowest BCUT2D eigenvalue weighted by molar-refractivity contribution is -0.142. The third kappa shape index (κ3) is 6.53. The number of hydrogen-bond donors (Lipinski definition) is 0. The third-order valence-electron chi connectivity index (χ3n) is 8.92. The number of nitrogens with zero attached hydrogens (tertiary/aromatic N) is 2. The SMILES string of the molecule is C=C/C=C\C=C(/C)C1CCCCN1C(=O)C1(c2ccc(F)cc2)CCN(C(=O)c2ccc(-c3ccc(F)cc3)cc2)CC1. The standard InChI is InChI=1S/C37H38F2N2O2/c1-3-4-5-8-27(2)34-9-6-7-24-41(34)36(43)37(31-16-20-33(39)21-17-31)22-25-40(26-23-37)35(42)30-12-10-28(11-13-30)29-14-18-32(38)19-15-29/h3-5,8,10-21,34H,1,6-7,9,22-26H2,2H3/b5-4-,27-8+. The molecule has 2 fully saturated rings. The first-order valence-corrected chi connectivity index (χ1v) is 15.0. The maximum absolute atomic E-state index is 14.6. The normalized spacial score (nSPS) is 19.0. The van der Waals surface area contributed by atoms with Gasteiger partial charge in [0.1, 0.15) is 11.6 Å². The molecule has 0 aliphatic carbocycles. The van der Waals surface area contributed by atoms with Crippen LogP contribution < -0.4 is 0 Å². The van der Waals surface area contributed by atoms with Gasteiger partial charge in [-0.05, 0) is 92.1 Å². The van der Waals surface area contributed by atoms with Crippen molar-refractivity contribution in [3.8, 4) is 11.1 Å². The first-order chi connectivity index (χ1) is 20.8. The van der Waals surface area contributed by atoms with Crippen LogP contribution in [0.4, 0.5) is 8.78 Å². The van der Waals surface area contributed by atoms with E-state index >= 15 is 0 Å². The zero-order valence-electron chi connectivity index (χ0n) is 24.6. The lowest BCUT2D eigenvalue weighted by Crippen LogP contribution is -2.57. The first kappa shape index (κ1) is 30.1. The van der Waals surface area contributed by atoms with E-state index in [0.29, 0.717) is 38.0 Å². The fourth-order valence-electron chi connectivity index (χ4n) is 6.44. The molecule has 2 aliphatic heterocycles. The predicted molar refractivity (Wildman–Crippen MR) is 167 cm³/mol. The van der Waals surface area contributed by atoms with Crippen LogP contribution in [0.25, 0.3) is 11.1 Å². The Balaban J connectivity index is 1.37. The van der Waals surface area contributed by atoms with E-state index in [-0.39, 0.29) is 29.5 Å². The van der Waals surface area contributed by atoms with Gasteiger partial charge >= 0.3 is 0 Å². The number of carbonyl (C=O) groups is 2. The lowest BCUT2D eigenvalue weighted by Gasteiger charge is -2.47. The topological polar surface area (TPSA) is 40.6 Å². The quantitative estimate of drug-likeness (QED) is 0.267. The second-order valence-electron chi connectivity index (χ2n) is 11.5. The minimum absolute atomic E-state index is 0.00711. The Kier molecular flexibility index (Phi) is 9.34. The van der Waals surface area contributed by atoms with Crippen molar-refractivity contribution >= 4 is 11.8 Å². The summed E-state index contributed by atoms with van der Waals surface area (Å²) in [6, 6.07) is 19.9. The lowest BCUT2D eigenvalue weighted by atomic mass is 9.70. The molecule has 3 aromatic rings. The average molecular weight is 581 g/mol. The molecule has 3 aromatic carbocycles. The van der Waals surface area contributed by atoms with E-state index in [4.69, 9.17) is 0 Å². The van der Waals surface area contributed by atoms with Crippen LogP contribution in [-0.4, -0.2) is 47.3 Å². The maximum atomic E-state index is 14.6. The number of carbonyl (C=O) groups excluding carboxylic acids is 2. The number of likely N-dealkylation sites (tertiary alicyclic amines) is 2. The smallest absolute Gasteiger partial charge is 0.253 e. The summed E-state index contributed by atoms with van der Waals surface area (Å²) in [6.45, 7) is 7.30. The Morgan fingerprint density at radius 2 is 1.40 bits per heavy atom. The van der Waals surface area contributed by atoms with Crippen LogP contribution in [0.1, 0.15) is 54.9 Å². The molecule has 0 bridgehead atoms. The Bertz CT molecular complexity index is 1500. The Morgan fingerprint density at radius 1 is 0.814 bits per heavy atom. The Labute approximate surface area is 253 Å². The molecule has 6 heteroatoms. The van der Waals surface area contributed by atoms with Crippen molar-refractivity contribution in [1.82, 2.24) is 9.80 Å². The fraction of sp³-hybridized carbons (Fsp3) is 0.297. The number of amides is 2. The Hall–Kier alpha value is -4.32. The molecule has 1 unspecified atom stereocenters. The van der Waals surface area contributed by atoms with Gasteiger partial charge < -0.3 is 9.80 Å². The van der Waals surface area contributed by atoms with Gasteiger partial charge in [0.05, 0.1) is 11.5 Å². The monoisotopic (exact) mass is 580 g/mol.